The standard InChI is InChI=1S/C18H20F3N3O2/c1-11-12(2)24(10-22-11)15-6-4-14(5-7-15)23-16(25)13-8-17(9-13,26-3)18(19,20)21/h4-7,10,13H,8-9H2,1-3H3,(H,23,25). The largest absolute Gasteiger partial charge is 0.417 e. The van der Waals surface area contributed by atoms with Crippen LogP contribution in [0.15, 0.2) is 30.6 Å². The second-order valence-corrected chi connectivity index (χ2v) is 6.62. The minimum absolute atomic E-state index is 0.357. The minimum Gasteiger partial charge on any atom is -0.369 e. The summed E-state index contributed by atoms with van der Waals surface area (Å²) < 4.78 is 45.5. The maximum Gasteiger partial charge on any atom is 0.417 e. The third kappa shape index (κ3) is 3.09. The topological polar surface area (TPSA) is 56.1 Å². The molecular formula is C18H20F3N3O2. The van der Waals surface area contributed by atoms with Crippen LogP contribution >= 0.6 is 0 Å². The molecule has 1 fully saturated rings. The van der Waals surface area contributed by atoms with Crippen LogP contribution in [0, 0.1) is 19.8 Å². The van der Waals surface area contributed by atoms with E-state index in [0.29, 0.717) is 5.69 Å². The molecule has 1 amide bonds. The van der Waals surface area contributed by atoms with Crippen molar-refractivity contribution in [1.29, 1.82) is 0 Å². The number of alkyl halides is 3. The van der Waals surface area contributed by atoms with Crippen molar-refractivity contribution >= 4 is 11.6 Å². The van der Waals surface area contributed by atoms with E-state index in [9.17, 15) is 18.0 Å². The number of halogens is 3. The number of nitrogens with zero attached hydrogens (tertiary/aromatic N) is 2. The van der Waals surface area contributed by atoms with Crippen LogP contribution in [0.3, 0.4) is 0 Å². The van der Waals surface area contributed by atoms with Crippen molar-refractivity contribution in [2.45, 2.75) is 38.5 Å². The number of rotatable bonds is 4. The average molecular weight is 367 g/mol. The highest BCUT2D eigenvalue weighted by Gasteiger charge is 2.64. The molecule has 140 valence electrons. The third-order valence-corrected chi connectivity index (χ3v) is 5.10. The quantitative estimate of drug-likeness (QED) is 0.895. The number of amides is 1. The molecule has 0 unspecified atom stereocenters. The van der Waals surface area contributed by atoms with Crippen molar-refractivity contribution in [2.75, 3.05) is 12.4 Å². The molecule has 1 heterocycles. The van der Waals surface area contributed by atoms with E-state index < -0.39 is 23.6 Å². The number of nitrogens with one attached hydrogen (secondary N) is 1. The Morgan fingerprint density at radius 3 is 2.35 bits per heavy atom. The van der Waals surface area contributed by atoms with E-state index in [-0.39, 0.29) is 12.8 Å². The number of ether oxygens (including phenoxy) is 1. The van der Waals surface area contributed by atoms with E-state index in [0.717, 1.165) is 24.2 Å². The molecule has 0 saturated heterocycles. The van der Waals surface area contributed by atoms with Crippen molar-refractivity contribution in [1.82, 2.24) is 9.55 Å². The van der Waals surface area contributed by atoms with Gasteiger partial charge in [0, 0.05) is 30.1 Å². The first kappa shape index (κ1) is 18.4. The van der Waals surface area contributed by atoms with Gasteiger partial charge < -0.3 is 14.6 Å². The highest BCUT2D eigenvalue weighted by Crippen LogP contribution is 2.51. The molecule has 0 bridgehead atoms. The highest BCUT2D eigenvalue weighted by atomic mass is 19.4. The summed E-state index contributed by atoms with van der Waals surface area (Å²) in [7, 11) is 1.03. The van der Waals surface area contributed by atoms with E-state index in [1.807, 2.05) is 30.5 Å². The first-order chi connectivity index (χ1) is 12.2. The van der Waals surface area contributed by atoms with Crippen molar-refractivity contribution in [3.63, 3.8) is 0 Å². The van der Waals surface area contributed by atoms with Gasteiger partial charge in [0.1, 0.15) is 0 Å². The highest BCUT2D eigenvalue weighted by molar-refractivity contribution is 5.93. The van der Waals surface area contributed by atoms with Crippen molar-refractivity contribution in [3.05, 3.63) is 42.0 Å². The van der Waals surface area contributed by atoms with Gasteiger partial charge in [0.15, 0.2) is 5.60 Å². The summed E-state index contributed by atoms with van der Waals surface area (Å²) in [5, 5.41) is 2.67. The summed E-state index contributed by atoms with van der Waals surface area (Å²) in [6, 6.07) is 7.07. The number of anilines is 1. The minimum atomic E-state index is -4.47. The smallest absolute Gasteiger partial charge is 0.369 e. The Bertz CT molecular complexity index is 806. The first-order valence-electron chi connectivity index (χ1n) is 8.20. The summed E-state index contributed by atoms with van der Waals surface area (Å²) in [4.78, 5) is 16.4. The Morgan fingerprint density at radius 2 is 1.88 bits per heavy atom. The van der Waals surface area contributed by atoms with Gasteiger partial charge in [0.2, 0.25) is 5.91 Å². The molecule has 0 radical (unpaired) electrons. The Hall–Kier alpha value is -2.35. The Labute approximate surface area is 149 Å². The first-order valence-corrected chi connectivity index (χ1v) is 8.20. The fourth-order valence-electron chi connectivity index (χ4n) is 3.14. The maximum absolute atomic E-state index is 13.0. The van der Waals surface area contributed by atoms with E-state index in [1.54, 1.807) is 18.5 Å². The van der Waals surface area contributed by atoms with Gasteiger partial charge in [-0.25, -0.2) is 4.98 Å². The molecule has 1 aliphatic carbocycles. The van der Waals surface area contributed by atoms with Gasteiger partial charge in [0.25, 0.3) is 0 Å². The van der Waals surface area contributed by atoms with Gasteiger partial charge >= 0.3 is 6.18 Å². The SMILES string of the molecule is COC1(C(F)(F)F)CC(C(=O)Nc2ccc(-n3cnc(C)c3C)cc2)C1. The van der Waals surface area contributed by atoms with Crippen LogP contribution in [0.4, 0.5) is 18.9 Å². The molecule has 2 aromatic rings. The number of carbonyl (C=O) groups excluding carboxylic acids is 1. The van der Waals surface area contributed by atoms with Crippen LogP contribution in [0.5, 0.6) is 0 Å². The normalized spacial score (nSPS) is 22.8. The molecule has 1 aromatic heterocycles. The van der Waals surface area contributed by atoms with Gasteiger partial charge in [-0.05, 0) is 51.0 Å². The zero-order valence-electron chi connectivity index (χ0n) is 14.7. The molecule has 1 aliphatic rings. The number of methoxy groups -OCH3 is 1. The summed E-state index contributed by atoms with van der Waals surface area (Å²) >= 11 is 0. The van der Waals surface area contributed by atoms with Gasteiger partial charge in [-0.1, -0.05) is 0 Å². The molecule has 3 rings (SSSR count). The Morgan fingerprint density at radius 1 is 1.27 bits per heavy atom. The molecule has 1 N–H and O–H groups in total. The lowest BCUT2D eigenvalue weighted by Crippen LogP contribution is -2.59. The van der Waals surface area contributed by atoms with E-state index in [2.05, 4.69) is 15.0 Å². The van der Waals surface area contributed by atoms with Crippen LogP contribution in [0.1, 0.15) is 24.2 Å². The lowest BCUT2D eigenvalue weighted by atomic mass is 9.69. The van der Waals surface area contributed by atoms with Crippen molar-refractivity contribution in [2.24, 2.45) is 5.92 Å². The maximum atomic E-state index is 13.0. The molecule has 26 heavy (non-hydrogen) atoms. The number of benzene rings is 1. The lowest BCUT2D eigenvalue weighted by molar-refractivity contribution is -0.305. The predicted octanol–water partition coefficient (Wildman–Crippen LogP) is 3.79. The molecule has 0 aliphatic heterocycles. The monoisotopic (exact) mass is 367 g/mol. The van der Waals surface area contributed by atoms with Gasteiger partial charge in [-0.2, -0.15) is 13.2 Å². The lowest BCUT2D eigenvalue weighted by Gasteiger charge is -2.46. The zero-order valence-corrected chi connectivity index (χ0v) is 14.7. The fourth-order valence-corrected chi connectivity index (χ4v) is 3.14. The molecular weight excluding hydrogens is 347 g/mol. The molecule has 5 nitrogen and oxygen atoms in total. The van der Waals surface area contributed by atoms with Crippen molar-refractivity contribution in [3.8, 4) is 5.69 Å². The van der Waals surface area contributed by atoms with Crippen molar-refractivity contribution < 1.29 is 22.7 Å². The van der Waals surface area contributed by atoms with Gasteiger partial charge in [-0.15, -0.1) is 0 Å². The zero-order chi connectivity index (χ0) is 19.1. The second kappa shape index (κ2) is 6.42. The van der Waals surface area contributed by atoms with E-state index >= 15 is 0 Å². The van der Waals surface area contributed by atoms with E-state index in [4.69, 9.17) is 0 Å². The van der Waals surface area contributed by atoms with Crippen LogP contribution in [0.2, 0.25) is 0 Å². The summed E-state index contributed by atoms with van der Waals surface area (Å²) in [5.74, 6) is -1.14. The second-order valence-electron chi connectivity index (χ2n) is 6.62. The van der Waals surface area contributed by atoms with Gasteiger partial charge in [-0.3, -0.25) is 4.79 Å². The Kier molecular flexibility index (Phi) is 4.56. The number of hydrogen-bond acceptors (Lipinski definition) is 3. The van der Waals surface area contributed by atoms with Crippen LogP contribution in [0.25, 0.3) is 5.69 Å². The Balaban J connectivity index is 1.64. The molecule has 8 heteroatoms. The summed E-state index contributed by atoms with van der Waals surface area (Å²) in [6.07, 6.45) is -3.47. The molecule has 1 aromatic carbocycles. The number of aryl methyl sites for hydroxylation is 1. The third-order valence-electron chi connectivity index (χ3n) is 5.10. The number of imidazole rings is 1. The van der Waals surface area contributed by atoms with Crippen LogP contribution in [-0.2, 0) is 9.53 Å². The van der Waals surface area contributed by atoms with Gasteiger partial charge in [0.05, 0.1) is 12.0 Å². The summed E-state index contributed by atoms with van der Waals surface area (Å²) in [5.41, 5.74) is 1.17. The average Bonchev–Trinajstić information content (AvgIpc) is 2.86. The molecule has 0 atom stereocenters. The fraction of sp³-hybridized carbons (Fsp3) is 0.444. The molecule has 0 spiro atoms. The molecule has 1 saturated carbocycles. The van der Waals surface area contributed by atoms with Crippen LogP contribution < -0.4 is 5.32 Å². The number of carbonyl (C=O) groups is 1. The van der Waals surface area contributed by atoms with E-state index in [1.165, 1.54) is 0 Å². The summed E-state index contributed by atoms with van der Waals surface area (Å²) in [6.45, 7) is 3.87. The number of hydrogen-bond donors (Lipinski definition) is 1. The number of aromatic nitrogens is 2. The predicted molar refractivity (Wildman–Crippen MR) is 90.2 cm³/mol. The van der Waals surface area contributed by atoms with Crippen LogP contribution in [-0.4, -0.2) is 34.3 Å².